The maximum Gasteiger partial charge on any atom is 0.227 e. The fourth-order valence-electron chi connectivity index (χ4n) is 3.32. The number of hydrogen-bond acceptors (Lipinski definition) is 5. The molecule has 1 aromatic carbocycles. The van der Waals surface area contributed by atoms with Crippen molar-refractivity contribution in [3.63, 3.8) is 0 Å². The minimum atomic E-state index is 0.191. The second-order valence-corrected chi connectivity index (χ2v) is 6.39. The van der Waals surface area contributed by atoms with Gasteiger partial charge in [-0.2, -0.15) is 4.98 Å². The first-order chi connectivity index (χ1) is 12.2. The van der Waals surface area contributed by atoms with E-state index in [1.807, 2.05) is 29.2 Å². The summed E-state index contributed by atoms with van der Waals surface area (Å²) in [5.74, 6) is 2.01. The fraction of sp³-hybridized carbons (Fsp3) is 0.526. The Morgan fingerprint density at radius 2 is 2.12 bits per heavy atom. The molecule has 3 rings (SSSR count). The van der Waals surface area contributed by atoms with Crippen molar-refractivity contribution in [1.82, 2.24) is 15.0 Å². The SMILES string of the molecule is CCC1CCCCN1C(=O)CCc1nc(-c2ccc(OC)cc2)no1. The molecule has 2 aromatic rings. The highest BCUT2D eigenvalue weighted by atomic mass is 16.5. The van der Waals surface area contributed by atoms with E-state index in [9.17, 15) is 4.79 Å². The van der Waals surface area contributed by atoms with Crippen LogP contribution in [0.5, 0.6) is 5.75 Å². The van der Waals surface area contributed by atoms with Crippen LogP contribution < -0.4 is 4.74 Å². The molecule has 1 aromatic heterocycles. The third-order valence-electron chi connectivity index (χ3n) is 4.79. The van der Waals surface area contributed by atoms with Crippen LogP contribution in [-0.4, -0.2) is 40.6 Å². The lowest BCUT2D eigenvalue weighted by molar-refractivity contribution is -0.135. The largest absolute Gasteiger partial charge is 0.497 e. The van der Waals surface area contributed by atoms with Gasteiger partial charge in [0.05, 0.1) is 7.11 Å². The Balaban J connectivity index is 1.58. The number of aromatic nitrogens is 2. The van der Waals surface area contributed by atoms with Gasteiger partial charge in [-0.05, 0) is 49.9 Å². The summed E-state index contributed by atoms with van der Waals surface area (Å²) in [5, 5.41) is 4.01. The standard InChI is InChI=1S/C19H25N3O3/c1-3-15-6-4-5-13-22(15)18(23)12-11-17-20-19(21-25-17)14-7-9-16(24-2)10-8-14/h7-10,15H,3-6,11-13H2,1-2H3. The van der Waals surface area contributed by atoms with Crippen molar-refractivity contribution < 1.29 is 14.1 Å². The molecule has 1 aliphatic rings. The number of hydrogen-bond donors (Lipinski definition) is 0. The first kappa shape index (κ1) is 17.5. The lowest BCUT2D eigenvalue weighted by Gasteiger charge is -2.35. The highest BCUT2D eigenvalue weighted by molar-refractivity contribution is 5.76. The molecule has 6 nitrogen and oxygen atoms in total. The molecule has 134 valence electrons. The average molecular weight is 343 g/mol. The van der Waals surface area contributed by atoms with Gasteiger partial charge >= 0.3 is 0 Å². The van der Waals surface area contributed by atoms with Crippen LogP contribution in [0.3, 0.4) is 0 Å². The monoisotopic (exact) mass is 343 g/mol. The first-order valence-electron chi connectivity index (χ1n) is 8.97. The zero-order valence-electron chi connectivity index (χ0n) is 14.9. The van der Waals surface area contributed by atoms with E-state index in [4.69, 9.17) is 9.26 Å². The van der Waals surface area contributed by atoms with Gasteiger partial charge in [-0.25, -0.2) is 0 Å². The Hall–Kier alpha value is -2.37. The van der Waals surface area contributed by atoms with Crippen LogP contribution >= 0.6 is 0 Å². The lowest BCUT2D eigenvalue weighted by atomic mass is 9.99. The summed E-state index contributed by atoms with van der Waals surface area (Å²) >= 11 is 0. The van der Waals surface area contributed by atoms with Gasteiger partial charge in [0, 0.05) is 31.0 Å². The molecular weight excluding hydrogens is 318 g/mol. The zero-order chi connectivity index (χ0) is 17.6. The molecule has 0 N–H and O–H groups in total. The van der Waals surface area contributed by atoms with Crippen LogP contribution in [-0.2, 0) is 11.2 Å². The van der Waals surface area contributed by atoms with Crippen molar-refractivity contribution in [2.45, 2.75) is 51.5 Å². The molecule has 0 aliphatic carbocycles. The number of ether oxygens (including phenoxy) is 1. The number of piperidine rings is 1. The predicted octanol–water partition coefficient (Wildman–Crippen LogP) is 3.47. The topological polar surface area (TPSA) is 68.5 Å². The van der Waals surface area contributed by atoms with Gasteiger partial charge in [-0.15, -0.1) is 0 Å². The van der Waals surface area contributed by atoms with Gasteiger partial charge in [0.15, 0.2) is 0 Å². The van der Waals surface area contributed by atoms with Crippen molar-refractivity contribution in [3.05, 3.63) is 30.2 Å². The minimum Gasteiger partial charge on any atom is -0.497 e. The number of nitrogens with zero attached hydrogens (tertiary/aromatic N) is 3. The van der Waals surface area contributed by atoms with Crippen LogP contribution in [0.15, 0.2) is 28.8 Å². The van der Waals surface area contributed by atoms with Crippen molar-refractivity contribution >= 4 is 5.91 Å². The molecule has 1 unspecified atom stereocenters. The smallest absolute Gasteiger partial charge is 0.227 e. The molecule has 0 saturated carbocycles. The predicted molar refractivity (Wildman–Crippen MR) is 94.3 cm³/mol. The van der Waals surface area contributed by atoms with Gasteiger partial charge in [0.2, 0.25) is 17.6 Å². The van der Waals surface area contributed by atoms with E-state index in [2.05, 4.69) is 17.1 Å². The van der Waals surface area contributed by atoms with E-state index in [0.29, 0.717) is 30.6 Å². The zero-order valence-corrected chi connectivity index (χ0v) is 14.9. The number of carbonyl (C=O) groups is 1. The van der Waals surface area contributed by atoms with Crippen molar-refractivity contribution in [2.75, 3.05) is 13.7 Å². The van der Waals surface area contributed by atoms with Crippen molar-refractivity contribution in [1.29, 1.82) is 0 Å². The number of amides is 1. The van der Waals surface area contributed by atoms with E-state index in [1.165, 1.54) is 6.42 Å². The third-order valence-corrected chi connectivity index (χ3v) is 4.79. The van der Waals surface area contributed by atoms with Gasteiger partial charge < -0.3 is 14.2 Å². The highest BCUT2D eigenvalue weighted by Crippen LogP contribution is 2.22. The van der Waals surface area contributed by atoms with Crippen LogP contribution in [0.1, 0.15) is 44.9 Å². The number of carbonyl (C=O) groups excluding carboxylic acids is 1. The summed E-state index contributed by atoms with van der Waals surface area (Å²) in [6.07, 6.45) is 5.36. The summed E-state index contributed by atoms with van der Waals surface area (Å²) in [7, 11) is 1.63. The maximum atomic E-state index is 12.5. The summed E-state index contributed by atoms with van der Waals surface area (Å²) in [5.41, 5.74) is 0.865. The second kappa shape index (κ2) is 8.14. The van der Waals surface area contributed by atoms with Gasteiger partial charge in [0.1, 0.15) is 5.75 Å². The van der Waals surface area contributed by atoms with Crippen LogP contribution in [0.4, 0.5) is 0 Å². The first-order valence-corrected chi connectivity index (χ1v) is 8.97. The van der Waals surface area contributed by atoms with E-state index < -0.39 is 0 Å². The third kappa shape index (κ3) is 4.18. The molecule has 1 aliphatic heterocycles. The van der Waals surface area contributed by atoms with Crippen LogP contribution in [0, 0.1) is 0 Å². The summed E-state index contributed by atoms with van der Waals surface area (Å²) in [6.45, 7) is 3.02. The van der Waals surface area contributed by atoms with E-state index >= 15 is 0 Å². The Morgan fingerprint density at radius 3 is 2.84 bits per heavy atom. The second-order valence-electron chi connectivity index (χ2n) is 6.39. The molecule has 1 saturated heterocycles. The van der Waals surface area contributed by atoms with Gasteiger partial charge in [-0.1, -0.05) is 12.1 Å². The number of methoxy groups -OCH3 is 1. The van der Waals surface area contributed by atoms with E-state index in [1.54, 1.807) is 7.11 Å². The van der Waals surface area contributed by atoms with Crippen LogP contribution in [0.2, 0.25) is 0 Å². The van der Waals surface area contributed by atoms with Crippen molar-refractivity contribution in [2.24, 2.45) is 0 Å². The number of benzene rings is 1. The summed E-state index contributed by atoms with van der Waals surface area (Å²) < 4.78 is 10.4. The molecule has 2 heterocycles. The molecule has 1 atom stereocenters. The van der Waals surface area contributed by atoms with Crippen molar-refractivity contribution in [3.8, 4) is 17.1 Å². The Morgan fingerprint density at radius 1 is 1.32 bits per heavy atom. The van der Waals surface area contributed by atoms with Crippen LogP contribution in [0.25, 0.3) is 11.4 Å². The lowest BCUT2D eigenvalue weighted by Crippen LogP contribution is -2.43. The molecule has 6 heteroatoms. The maximum absolute atomic E-state index is 12.5. The Bertz CT molecular complexity index is 696. The van der Waals surface area contributed by atoms with Gasteiger partial charge in [0.25, 0.3) is 0 Å². The summed E-state index contributed by atoms with van der Waals surface area (Å²) in [4.78, 5) is 18.9. The fourth-order valence-corrected chi connectivity index (χ4v) is 3.32. The van der Waals surface area contributed by atoms with E-state index in [-0.39, 0.29) is 5.91 Å². The molecular formula is C19H25N3O3. The quantitative estimate of drug-likeness (QED) is 0.803. The number of aryl methyl sites for hydroxylation is 1. The highest BCUT2D eigenvalue weighted by Gasteiger charge is 2.25. The molecule has 0 radical (unpaired) electrons. The molecule has 0 spiro atoms. The summed E-state index contributed by atoms with van der Waals surface area (Å²) in [6, 6.07) is 7.88. The van der Waals surface area contributed by atoms with Gasteiger partial charge in [-0.3, -0.25) is 4.79 Å². The normalized spacial score (nSPS) is 17.5. The molecule has 25 heavy (non-hydrogen) atoms. The number of rotatable bonds is 6. The molecule has 1 amide bonds. The Kier molecular flexibility index (Phi) is 5.68. The molecule has 1 fully saturated rings. The molecule has 0 bridgehead atoms. The Labute approximate surface area is 148 Å². The minimum absolute atomic E-state index is 0.191. The number of likely N-dealkylation sites (tertiary alicyclic amines) is 1. The average Bonchev–Trinajstić information content (AvgIpc) is 3.15. The van der Waals surface area contributed by atoms with E-state index in [0.717, 1.165) is 37.1 Å².